The summed E-state index contributed by atoms with van der Waals surface area (Å²) in [6.45, 7) is 0. The summed E-state index contributed by atoms with van der Waals surface area (Å²) in [5.41, 5.74) is 3.83. The van der Waals surface area contributed by atoms with Crippen LogP contribution in [0.5, 0.6) is 0 Å². The Hall–Kier alpha value is -2.01. The van der Waals surface area contributed by atoms with E-state index in [1.165, 1.54) is 0 Å². The van der Waals surface area contributed by atoms with Gasteiger partial charge in [0.2, 0.25) is 0 Å². The number of rotatable bonds is 3. The van der Waals surface area contributed by atoms with Crippen LogP contribution in [-0.2, 0) is 9.53 Å². The summed E-state index contributed by atoms with van der Waals surface area (Å²) < 4.78 is 5.99. The van der Waals surface area contributed by atoms with Crippen LogP contribution in [0.2, 0.25) is 0 Å². The van der Waals surface area contributed by atoms with Crippen LogP contribution in [0.4, 0.5) is 0 Å². The Labute approximate surface area is 111 Å². The second-order valence-electron chi connectivity index (χ2n) is 4.35. The molecule has 0 saturated carbocycles. The first-order valence-corrected chi connectivity index (χ1v) is 5.64. The predicted molar refractivity (Wildman–Crippen MR) is 62.9 cm³/mol. The van der Waals surface area contributed by atoms with E-state index in [2.05, 4.69) is 0 Å². The van der Waals surface area contributed by atoms with Crippen molar-refractivity contribution in [2.45, 2.75) is 30.6 Å². The topological polar surface area (TPSA) is 168 Å². The Morgan fingerprint density at radius 3 is 2.60 bits per heavy atom. The highest BCUT2D eigenvalue weighted by Crippen LogP contribution is 2.29. The molecule has 0 aromatic carbocycles. The first-order valence-electron chi connectivity index (χ1n) is 5.64. The van der Waals surface area contributed by atoms with Gasteiger partial charge in [0.25, 0.3) is 5.56 Å². The molecule has 10 heteroatoms. The van der Waals surface area contributed by atoms with Crippen molar-refractivity contribution in [3.05, 3.63) is 33.1 Å². The summed E-state index contributed by atoms with van der Waals surface area (Å²) >= 11 is 0. The van der Waals surface area contributed by atoms with Crippen molar-refractivity contribution in [3.63, 3.8) is 0 Å². The number of carbonyl (C=O) groups is 1. The molecule has 10 nitrogen and oxygen atoms in total. The third-order valence-corrected chi connectivity index (χ3v) is 3.04. The van der Waals surface area contributed by atoms with Gasteiger partial charge in [-0.2, -0.15) is 0 Å². The van der Waals surface area contributed by atoms with Gasteiger partial charge in [-0.05, 0) is 0 Å². The quantitative estimate of drug-likeness (QED) is 0.382. The second kappa shape index (κ2) is 5.17. The van der Waals surface area contributed by atoms with Gasteiger partial charge in [-0.25, -0.2) is 4.79 Å². The van der Waals surface area contributed by atoms with Gasteiger partial charge >= 0.3 is 11.7 Å². The molecule has 110 valence electrons. The van der Waals surface area contributed by atoms with Crippen LogP contribution in [0.1, 0.15) is 6.23 Å². The van der Waals surface area contributed by atoms with Crippen LogP contribution >= 0.6 is 0 Å². The number of carboxylic acid groups (broad SMARTS) is 1. The van der Waals surface area contributed by atoms with Crippen molar-refractivity contribution >= 4 is 5.97 Å². The Kier molecular flexibility index (Phi) is 3.72. The van der Waals surface area contributed by atoms with Gasteiger partial charge in [0.1, 0.15) is 24.4 Å². The van der Waals surface area contributed by atoms with Crippen LogP contribution in [0.25, 0.3) is 0 Å². The predicted octanol–water partition coefficient (Wildman–Crippen LogP) is -3.43. The average molecular weight is 287 g/mol. The monoisotopic (exact) mass is 287 g/mol. The van der Waals surface area contributed by atoms with E-state index in [4.69, 9.17) is 15.6 Å². The number of aromatic nitrogens is 2. The molecule has 2 rings (SSSR count). The van der Waals surface area contributed by atoms with Gasteiger partial charge in [-0.1, -0.05) is 0 Å². The highest BCUT2D eigenvalue weighted by Gasteiger charge is 2.48. The van der Waals surface area contributed by atoms with E-state index in [0.29, 0.717) is 0 Å². The van der Waals surface area contributed by atoms with Crippen molar-refractivity contribution in [1.82, 2.24) is 9.55 Å². The lowest BCUT2D eigenvalue weighted by Crippen LogP contribution is -2.48. The van der Waals surface area contributed by atoms with Gasteiger partial charge in [0, 0.05) is 12.3 Å². The minimum Gasteiger partial charge on any atom is -0.480 e. The molecule has 1 saturated heterocycles. The molecule has 5 atom stereocenters. The number of carboxylic acids is 1. The lowest BCUT2D eigenvalue weighted by atomic mass is 10.0. The molecule has 1 aromatic heterocycles. The van der Waals surface area contributed by atoms with E-state index in [1.54, 1.807) is 0 Å². The molecule has 1 aliphatic heterocycles. The molecule has 1 aromatic rings. The van der Waals surface area contributed by atoms with Crippen molar-refractivity contribution in [2.24, 2.45) is 5.73 Å². The van der Waals surface area contributed by atoms with Gasteiger partial charge in [0.15, 0.2) is 6.23 Å². The zero-order chi connectivity index (χ0) is 15.0. The SMILES string of the molecule is N[C@@H](C(=O)O)[C@H]1O[C@@H](n2ccc(=O)[nH]c2=O)C(O)C1O. The van der Waals surface area contributed by atoms with Crippen LogP contribution in [0.15, 0.2) is 21.9 Å². The molecule has 0 aliphatic carbocycles. The molecule has 1 aliphatic rings. The van der Waals surface area contributed by atoms with Crippen LogP contribution in [0.3, 0.4) is 0 Å². The number of aliphatic hydroxyl groups is 2. The minimum atomic E-state index is -1.58. The summed E-state index contributed by atoms with van der Waals surface area (Å²) in [6.07, 6.45) is -4.80. The molecule has 20 heavy (non-hydrogen) atoms. The van der Waals surface area contributed by atoms with Crippen molar-refractivity contribution in [2.75, 3.05) is 0 Å². The lowest BCUT2D eigenvalue weighted by Gasteiger charge is -2.18. The number of aromatic amines is 1. The summed E-state index contributed by atoms with van der Waals surface area (Å²) in [5.74, 6) is -1.42. The Balaban J connectivity index is 2.33. The molecule has 0 spiro atoms. The number of H-pyrrole nitrogens is 1. The Morgan fingerprint density at radius 2 is 2.05 bits per heavy atom. The van der Waals surface area contributed by atoms with Gasteiger partial charge < -0.3 is 25.8 Å². The van der Waals surface area contributed by atoms with E-state index in [0.717, 1.165) is 16.8 Å². The normalized spacial score (nSPS) is 31.1. The summed E-state index contributed by atoms with van der Waals surface area (Å²) in [4.78, 5) is 35.3. The number of hydrogen-bond acceptors (Lipinski definition) is 7. The Morgan fingerprint density at radius 1 is 1.40 bits per heavy atom. The zero-order valence-corrected chi connectivity index (χ0v) is 10.0. The molecule has 1 fully saturated rings. The molecule has 0 radical (unpaired) electrons. The molecule has 2 unspecified atom stereocenters. The average Bonchev–Trinajstić information content (AvgIpc) is 2.66. The highest BCUT2D eigenvalue weighted by atomic mass is 16.6. The molecule has 2 heterocycles. The lowest BCUT2D eigenvalue weighted by molar-refractivity contribution is -0.144. The standard InChI is InChI=1S/C10H13N3O7/c11-4(9(17)18)7-5(15)6(16)8(20-7)13-2-1-3(14)12-10(13)19/h1-2,4-8,15-16H,11H2,(H,17,18)(H,12,14,19)/t4-,5?,6?,7-,8-/m1/s1. The Bertz CT molecular complexity index is 624. The van der Waals surface area contributed by atoms with Gasteiger partial charge in [0.05, 0.1) is 0 Å². The maximum atomic E-state index is 11.6. The van der Waals surface area contributed by atoms with Gasteiger partial charge in [-0.15, -0.1) is 0 Å². The smallest absolute Gasteiger partial charge is 0.330 e. The fraction of sp³-hybridized carbons (Fsp3) is 0.500. The summed E-state index contributed by atoms with van der Waals surface area (Å²) in [7, 11) is 0. The van der Waals surface area contributed by atoms with E-state index >= 15 is 0 Å². The van der Waals surface area contributed by atoms with E-state index in [1.807, 2.05) is 4.98 Å². The highest BCUT2D eigenvalue weighted by molar-refractivity contribution is 5.74. The fourth-order valence-electron chi connectivity index (χ4n) is 1.98. The maximum absolute atomic E-state index is 11.6. The van der Waals surface area contributed by atoms with Crippen LogP contribution < -0.4 is 17.0 Å². The number of nitrogens with two attached hydrogens (primary N) is 1. The van der Waals surface area contributed by atoms with Crippen LogP contribution in [-0.4, -0.2) is 55.2 Å². The molecular weight excluding hydrogens is 274 g/mol. The number of aliphatic hydroxyl groups excluding tert-OH is 2. The summed E-state index contributed by atoms with van der Waals surface area (Å²) in [5, 5.41) is 28.4. The number of ether oxygens (including phenoxy) is 1. The zero-order valence-electron chi connectivity index (χ0n) is 10.0. The first-order chi connectivity index (χ1) is 9.32. The second-order valence-corrected chi connectivity index (χ2v) is 4.35. The first kappa shape index (κ1) is 14.4. The van der Waals surface area contributed by atoms with E-state index in [-0.39, 0.29) is 0 Å². The fourth-order valence-corrected chi connectivity index (χ4v) is 1.98. The van der Waals surface area contributed by atoms with Crippen LogP contribution in [0, 0.1) is 0 Å². The molecule has 6 N–H and O–H groups in total. The third kappa shape index (κ3) is 2.36. The summed E-state index contributed by atoms with van der Waals surface area (Å²) in [6, 6.07) is -0.544. The molecular formula is C10H13N3O7. The van der Waals surface area contributed by atoms with Crippen molar-refractivity contribution in [1.29, 1.82) is 0 Å². The van der Waals surface area contributed by atoms with Gasteiger partial charge in [-0.3, -0.25) is 19.1 Å². The number of hydrogen-bond donors (Lipinski definition) is 5. The molecule has 0 amide bonds. The third-order valence-electron chi connectivity index (χ3n) is 3.04. The van der Waals surface area contributed by atoms with E-state index in [9.17, 15) is 24.6 Å². The number of nitrogens with one attached hydrogen (secondary N) is 1. The minimum absolute atomic E-state index is 0.641. The van der Waals surface area contributed by atoms with E-state index < -0.39 is 47.8 Å². The maximum Gasteiger partial charge on any atom is 0.330 e. The van der Waals surface area contributed by atoms with Crippen molar-refractivity contribution in [3.8, 4) is 0 Å². The van der Waals surface area contributed by atoms with Crippen molar-refractivity contribution < 1.29 is 24.9 Å². The number of aliphatic carboxylic acids is 1. The molecule has 0 bridgehead atoms. The largest absolute Gasteiger partial charge is 0.480 e. The number of nitrogens with zero attached hydrogens (tertiary/aromatic N) is 1.